The van der Waals surface area contributed by atoms with E-state index in [0.717, 1.165) is 31.0 Å². The summed E-state index contributed by atoms with van der Waals surface area (Å²) in [4.78, 5) is 8.96. The highest BCUT2D eigenvalue weighted by Crippen LogP contribution is 2.15. The minimum Gasteiger partial charge on any atom is -0.377 e. The lowest BCUT2D eigenvalue weighted by Gasteiger charge is -2.16. The molecule has 0 radical (unpaired) electrons. The average molecular weight is 312 g/mol. The molecule has 5 nitrogen and oxygen atoms in total. The van der Waals surface area contributed by atoms with Crippen molar-refractivity contribution in [1.29, 1.82) is 0 Å². The van der Waals surface area contributed by atoms with Crippen molar-refractivity contribution in [3.63, 3.8) is 0 Å². The zero-order valence-corrected chi connectivity index (χ0v) is 14.4. The van der Waals surface area contributed by atoms with E-state index in [4.69, 9.17) is 4.74 Å². The van der Waals surface area contributed by atoms with Gasteiger partial charge in [0.1, 0.15) is 18.2 Å². The molecule has 0 saturated heterocycles. The van der Waals surface area contributed by atoms with E-state index < -0.39 is 0 Å². The summed E-state index contributed by atoms with van der Waals surface area (Å²) >= 11 is 1.97. The van der Waals surface area contributed by atoms with Crippen LogP contribution in [0.4, 0.5) is 11.6 Å². The topological polar surface area (TPSA) is 59.1 Å². The predicted octanol–water partition coefficient (Wildman–Crippen LogP) is 3.39. The number of thioether (sulfide) groups is 1. The molecular weight excluding hydrogens is 284 g/mol. The molecule has 0 aliphatic rings. The van der Waals surface area contributed by atoms with Crippen LogP contribution in [0, 0.1) is 0 Å². The molecule has 120 valence electrons. The molecule has 0 aromatic carbocycles. The van der Waals surface area contributed by atoms with Crippen LogP contribution in [0.5, 0.6) is 0 Å². The molecule has 6 heteroatoms. The van der Waals surface area contributed by atoms with Crippen molar-refractivity contribution in [2.75, 3.05) is 35.8 Å². The van der Waals surface area contributed by atoms with E-state index in [1.54, 1.807) is 7.11 Å². The molecule has 1 rings (SSSR count). The van der Waals surface area contributed by atoms with Gasteiger partial charge >= 0.3 is 0 Å². The fourth-order valence-electron chi connectivity index (χ4n) is 1.84. The second kappa shape index (κ2) is 10.7. The second-order valence-corrected chi connectivity index (χ2v) is 6.34. The molecule has 21 heavy (non-hydrogen) atoms. The van der Waals surface area contributed by atoms with Gasteiger partial charge in [-0.2, -0.15) is 11.8 Å². The van der Waals surface area contributed by atoms with Gasteiger partial charge in [0, 0.05) is 25.8 Å². The maximum absolute atomic E-state index is 5.14. The van der Waals surface area contributed by atoms with Crippen molar-refractivity contribution >= 4 is 23.4 Å². The van der Waals surface area contributed by atoms with Crippen LogP contribution in [0.1, 0.15) is 39.4 Å². The zero-order valence-electron chi connectivity index (χ0n) is 13.6. The molecular formula is C15H28N4OS. The number of hydrogen-bond acceptors (Lipinski definition) is 6. The third-order valence-electron chi connectivity index (χ3n) is 2.90. The van der Waals surface area contributed by atoms with E-state index in [0.29, 0.717) is 18.5 Å². The van der Waals surface area contributed by atoms with Crippen LogP contribution in [0.3, 0.4) is 0 Å². The summed E-state index contributed by atoms with van der Waals surface area (Å²) < 4.78 is 5.14. The maximum atomic E-state index is 5.14. The minimum absolute atomic E-state index is 0.397. The van der Waals surface area contributed by atoms with E-state index in [1.165, 1.54) is 11.5 Å². The van der Waals surface area contributed by atoms with Crippen LogP contribution in [0.15, 0.2) is 6.07 Å². The first kappa shape index (κ1) is 18.0. The molecule has 1 unspecified atom stereocenters. The van der Waals surface area contributed by atoms with Gasteiger partial charge < -0.3 is 15.4 Å². The highest BCUT2D eigenvalue weighted by atomic mass is 32.2. The summed E-state index contributed by atoms with van der Waals surface area (Å²) in [6.07, 6.45) is 2.19. The number of nitrogens with one attached hydrogen (secondary N) is 2. The monoisotopic (exact) mass is 312 g/mol. The number of rotatable bonds is 11. The van der Waals surface area contributed by atoms with Crippen LogP contribution in [0.2, 0.25) is 0 Å². The number of aromatic nitrogens is 2. The van der Waals surface area contributed by atoms with E-state index in [1.807, 2.05) is 17.8 Å². The fourth-order valence-corrected chi connectivity index (χ4v) is 2.65. The quantitative estimate of drug-likeness (QED) is 0.611. The van der Waals surface area contributed by atoms with Crippen molar-refractivity contribution in [3.05, 3.63) is 11.9 Å². The lowest BCUT2D eigenvalue weighted by Crippen LogP contribution is -2.18. The molecule has 0 aliphatic carbocycles. The van der Waals surface area contributed by atoms with E-state index in [2.05, 4.69) is 41.4 Å². The SMILES string of the molecule is CCCNc1cc(NC(C)CCSCC)nc(COC)n1. The molecule has 1 heterocycles. The van der Waals surface area contributed by atoms with Gasteiger partial charge in [0.2, 0.25) is 0 Å². The third-order valence-corrected chi connectivity index (χ3v) is 3.83. The number of nitrogens with zero attached hydrogens (tertiary/aromatic N) is 2. The Kier molecular flexibility index (Phi) is 9.17. The molecule has 0 amide bonds. The molecule has 2 N–H and O–H groups in total. The molecule has 0 bridgehead atoms. The fraction of sp³-hybridized carbons (Fsp3) is 0.733. The molecule has 0 spiro atoms. The van der Waals surface area contributed by atoms with Gasteiger partial charge in [-0.3, -0.25) is 0 Å². The first-order valence-corrected chi connectivity index (χ1v) is 8.80. The molecule has 1 aromatic heterocycles. The Morgan fingerprint density at radius 3 is 2.71 bits per heavy atom. The van der Waals surface area contributed by atoms with Gasteiger partial charge in [0.25, 0.3) is 0 Å². The lowest BCUT2D eigenvalue weighted by molar-refractivity contribution is 0.178. The van der Waals surface area contributed by atoms with Crippen molar-refractivity contribution < 1.29 is 4.74 Å². The largest absolute Gasteiger partial charge is 0.377 e. The smallest absolute Gasteiger partial charge is 0.158 e. The van der Waals surface area contributed by atoms with Gasteiger partial charge in [-0.15, -0.1) is 0 Å². The summed E-state index contributed by atoms with van der Waals surface area (Å²) in [7, 11) is 1.66. The number of hydrogen-bond donors (Lipinski definition) is 2. The Morgan fingerprint density at radius 2 is 2.05 bits per heavy atom. The number of anilines is 2. The number of methoxy groups -OCH3 is 1. The second-order valence-electron chi connectivity index (χ2n) is 4.95. The minimum atomic E-state index is 0.397. The maximum Gasteiger partial charge on any atom is 0.158 e. The van der Waals surface area contributed by atoms with Crippen molar-refractivity contribution in [2.45, 2.75) is 46.3 Å². The summed E-state index contributed by atoms with van der Waals surface area (Å²) in [6.45, 7) is 7.85. The van der Waals surface area contributed by atoms with Crippen molar-refractivity contribution in [3.8, 4) is 0 Å². The van der Waals surface area contributed by atoms with Crippen LogP contribution in [-0.2, 0) is 11.3 Å². The van der Waals surface area contributed by atoms with Crippen molar-refractivity contribution in [2.24, 2.45) is 0 Å². The molecule has 1 aromatic rings. The summed E-state index contributed by atoms with van der Waals surface area (Å²) in [5, 5.41) is 6.76. The highest BCUT2D eigenvalue weighted by Gasteiger charge is 2.07. The van der Waals surface area contributed by atoms with Gasteiger partial charge in [-0.05, 0) is 31.3 Å². The van der Waals surface area contributed by atoms with Gasteiger partial charge in [-0.1, -0.05) is 13.8 Å². The summed E-state index contributed by atoms with van der Waals surface area (Å²) in [5.74, 6) is 4.77. The summed E-state index contributed by atoms with van der Waals surface area (Å²) in [6, 6.07) is 2.37. The standard InChI is InChI=1S/C15H28N4OS/c1-5-8-16-13-10-14(19-15(18-13)11-20-4)17-12(3)7-9-21-6-2/h10,12H,5-9,11H2,1-4H3,(H2,16,17,18,19). The van der Waals surface area contributed by atoms with E-state index >= 15 is 0 Å². The third kappa shape index (κ3) is 7.52. The first-order chi connectivity index (χ1) is 10.2. The van der Waals surface area contributed by atoms with Crippen molar-refractivity contribution in [1.82, 2.24) is 9.97 Å². The Morgan fingerprint density at radius 1 is 1.29 bits per heavy atom. The zero-order chi connectivity index (χ0) is 15.5. The summed E-state index contributed by atoms with van der Waals surface area (Å²) in [5.41, 5.74) is 0. The average Bonchev–Trinajstić information content (AvgIpc) is 2.45. The Labute approximate surface area is 132 Å². The Hall–Kier alpha value is -1.01. The normalized spacial score (nSPS) is 12.2. The van der Waals surface area contributed by atoms with Gasteiger partial charge in [0.15, 0.2) is 5.82 Å². The van der Waals surface area contributed by atoms with Crippen LogP contribution >= 0.6 is 11.8 Å². The van der Waals surface area contributed by atoms with Gasteiger partial charge in [0.05, 0.1) is 0 Å². The Bertz CT molecular complexity index is 403. The highest BCUT2D eigenvalue weighted by molar-refractivity contribution is 7.99. The van der Waals surface area contributed by atoms with Crippen LogP contribution < -0.4 is 10.6 Å². The lowest BCUT2D eigenvalue weighted by atomic mass is 10.2. The molecule has 0 fully saturated rings. The van der Waals surface area contributed by atoms with E-state index in [9.17, 15) is 0 Å². The predicted molar refractivity (Wildman–Crippen MR) is 92.2 cm³/mol. The van der Waals surface area contributed by atoms with Gasteiger partial charge in [-0.25, -0.2) is 9.97 Å². The number of ether oxygens (including phenoxy) is 1. The Balaban J connectivity index is 2.67. The molecule has 0 aliphatic heterocycles. The van der Waals surface area contributed by atoms with Crippen LogP contribution in [0.25, 0.3) is 0 Å². The molecule has 0 saturated carbocycles. The van der Waals surface area contributed by atoms with Crippen LogP contribution in [-0.4, -0.2) is 41.2 Å². The van der Waals surface area contributed by atoms with E-state index in [-0.39, 0.29) is 0 Å². The molecule has 1 atom stereocenters. The first-order valence-electron chi connectivity index (χ1n) is 7.64.